The van der Waals surface area contributed by atoms with E-state index in [0.29, 0.717) is 11.6 Å². The highest BCUT2D eigenvalue weighted by Crippen LogP contribution is 2.25. The predicted octanol–water partition coefficient (Wildman–Crippen LogP) is 2.51. The first kappa shape index (κ1) is 11.8. The van der Waals surface area contributed by atoms with Crippen LogP contribution in [0.3, 0.4) is 0 Å². The lowest BCUT2D eigenvalue weighted by Crippen LogP contribution is -2.35. The Bertz CT molecular complexity index is 410. The summed E-state index contributed by atoms with van der Waals surface area (Å²) in [4.78, 5) is 2.28. The van der Waals surface area contributed by atoms with Crippen LogP contribution in [-0.4, -0.2) is 22.8 Å². The summed E-state index contributed by atoms with van der Waals surface area (Å²) in [6, 6.07) is 4.46. The molecule has 4 heteroatoms. The van der Waals surface area contributed by atoms with Crippen molar-refractivity contribution in [3.05, 3.63) is 17.8 Å². The first-order valence-electron chi connectivity index (χ1n) is 6.35. The number of nitrogens with zero attached hydrogens (tertiary/aromatic N) is 4. The number of hydrogen-bond donors (Lipinski definition) is 0. The molecule has 1 unspecified atom stereocenters. The summed E-state index contributed by atoms with van der Waals surface area (Å²) in [6.07, 6.45) is 7.60. The minimum Gasteiger partial charge on any atom is -0.351 e. The van der Waals surface area contributed by atoms with Crippen molar-refractivity contribution in [3.8, 4) is 6.07 Å². The van der Waals surface area contributed by atoms with E-state index in [4.69, 9.17) is 5.26 Å². The van der Waals surface area contributed by atoms with Gasteiger partial charge in [0.05, 0.1) is 11.8 Å². The molecule has 2 heterocycles. The molecule has 1 aromatic heterocycles. The zero-order valence-corrected chi connectivity index (χ0v) is 10.3. The molecule has 0 bridgehead atoms. The fraction of sp³-hybridized carbons (Fsp3) is 0.615. The van der Waals surface area contributed by atoms with Crippen molar-refractivity contribution in [2.24, 2.45) is 0 Å². The SMILES string of the molecule is CCC1CCCCCN1c1nnccc1C#N. The van der Waals surface area contributed by atoms with Crippen molar-refractivity contribution in [1.29, 1.82) is 5.26 Å². The Morgan fingerprint density at radius 1 is 1.47 bits per heavy atom. The van der Waals surface area contributed by atoms with Crippen LogP contribution in [0.2, 0.25) is 0 Å². The van der Waals surface area contributed by atoms with Crippen LogP contribution in [-0.2, 0) is 0 Å². The largest absolute Gasteiger partial charge is 0.351 e. The van der Waals surface area contributed by atoms with Gasteiger partial charge >= 0.3 is 0 Å². The minimum absolute atomic E-state index is 0.501. The molecule has 17 heavy (non-hydrogen) atoms. The normalized spacial score (nSPS) is 20.7. The van der Waals surface area contributed by atoms with Crippen LogP contribution in [0.25, 0.3) is 0 Å². The molecule has 1 fully saturated rings. The van der Waals surface area contributed by atoms with Crippen molar-refractivity contribution in [1.82, 2.24) is 10.2 Å². The summed E-state index contributed by atoms with van der Waals surface area (Å²) in [5.41, 5.74) is 0.639. The van der Waals surface area contributed by atoms with Crippen molar-refractivity contribution in [2.75, 3.05) is 11.4 Å². The number of aromatic nitrogens is 2. The van der Waals surface area contributed by atoms with Gasteiger partial charge in [0, 0.05) is 12.6 Å². The number of anilines is 1. The van der Waals surface area contributed by atoms with Gasteiger partial charge in [-0.2, -0.15) is 10.4 Å². The molecule has 0 radical (unpaired) electrons. The first-order chi connectivity index (χ1) is 8.36. The average Bonchev–Trinajstić information content (AvgIpc) is 2.63. The van der Waals surface area contributed by atoms with Crippen LogP contribution in [0, 0.1) is 11.3 Å². The molecule has 1 aliphatic rings. The second kappa shape index (κ2) is 5.62. The zero-order chi connectivity index (χ0) is 12.1. The van der Waals surface area contributed by atoms with E-state index in [0.717, 1.165) is 18.8 Å². The smallest absolute Gasteiger partial charge is 0.169 e. The van der Waals surface area contributed by atoms with Gasteiger partial charge in [-0.1, -0.05) is 19.8 Å². The maximum atomic E-state index is 9.13. The van der Waals surface area contributed by atoms with Crippen molar-refractivity contribution in [2.45, 2.75) is 45.1 Å². The molecule has 0 amide bonds. The Morgan fingerprint density at radius 3 is 3.12 bits per heavy atom. The van der Waals surface area contributed by atoms with Crippen LogP contribution in [0.15, 0.2) is 12.3 Å². The molecule has 90 valence electrons. The molecule has 1 aromatic rings. The van der Waals surface area contributed by atoms with E-state index in [1.165, 1.54) is 25.7 Å². The lowest BCUT2D eigenvalue weighted by atomic mass is 10.1. The fourth-order valence-corrected chi connectivity index (χ4v) is 2.50. The predicted molar refractivity (Wildman–Crippen MR) is 66.6 cm³/mol. The van der Waals surface area contributed by atoms with Crippen molar-refractivity contribution in [3.63, 3.8) is 0 Å². The average molecular weight is 230 g/mol. The van der Waals surface area contributed by atoms with Crippen LogP contribution < -0.4 is 4.90 Å². The quantitative estimate of drug-likeness (QED) is 0.783. The van der Waals surface area contributed by atoms with E-state index in [1.54, 1.807) is 12.3 Å². The van der Waals surface area contributed by atoms with Gasteiger partial charge in [0.25, 0.3) is 0 Å². The zero-order valence-electron chi connectivity index (χ0n) is 10.3. The van der Waals surface area contributed by atoms with Gasteiger partial charge in [0.1, 0.15) is 6.07 Å². The maximum absolute atomic E-state index is 9.13. The highest BCUT2D eigenvalue weighted by molar-refractivity contribution is 5.53. The summed E-state index contributed by atoms with van der Waals surface area (Å²) in [5.74, 6) is 0.767. The highest BCUT2D eigenvalue weighted by Gasteiger charge is 2.23. The Balaban J connectivity index is 2.32. The summed E-state index contributed by atoms with van der Waals surface area (Å²) in [6.45, 7) is 3.19. The third-order valence-electron chi connectivity index (χ3n) is 3.44. The molecule has 0 aliphatic carbocycles. The summed E-state index contributed by atoms with van der Waals surface area (Å²) < 4.78 is 0. The maximum Gasteiger partial charge on any atom is 0.169 e. The van der Waals surface area contributed by atoms with Gasteiger partial charge in [-0.05, 0) is 25.3 Å². The van der Waals surface area contributed by atoms with E-state index >= 15 is 0 Å². The van der Waals surface area contributed by atoms with Crippen LogP contribution in [0.4, 0.5) is 5.82 Å². The van der Waals surface area contributed by atoms with E-state index < -0.39 is 0 Å². The van der Waals surface area contributed by atoms with E-state index in [-0.39, 0.29) is 0 Å². The lowest BCUT2D eigenvalue weighted by molar-refractivity contribution is 0.550. The van der Waals surface area contributed by atoms with Crippen LogP contribution >= 0.6 is 0 Å². The number of nitriles is 1. The highest BCUT2D eigenvalue weighted by atomic mass is 15.3. The molecule has 0 N–H and O–H groups in total. The third-order valence-corrected chi connectivity index (χ3v) is 3.44. The molecule has 0 spiro atoms. The van der Waals surface area contributed by atoms with E-state index in [1.807, 2.05) is 0 Å². The number of rotatable bonds is 2. The Hall–Kier alpha value is -1.63. The molecular weight excluding hydrogens is 212 g/mol. The molecule has 1 atom stereocenters. The Kier molecular flexibility index (Phi) is 3.92. The molecule has 0 aromatic carbocycles. The first-order valence-corrected chi connectivity index (χ1v) is 6.35. The molecule has 2 rings (SSSR count). The van der Waals surface area contributed by atoms with E-state index in [2.05, 4.69) is 28.1 Å². The summed E-state index contributed by atoms with van der Waals surface area (Å²) in [5, 5.41) is 17.2. The number of hydrogen-bond acceptors (Lipinski definition) is 4. The monoisotopic (exact) mass is 230 g/mol. The van der Waals surface area contributed by atoms with Gasteiger partial charge < -0.3 is 4.90 Å². The lowest BCUT2D eigenvalue weighted by Gasteiger charge is -2.30. The van der Waals surface area contributed by atoms with Gasteiger partial charge in [-0.25, -0.2) is 0 Å². The Labute approximate surface area is 102 Å². The minimum atomic E-state index is 0.501. The Morgan fingerprint density at radius 2 is 2.35 bits per heavy atom. The second-order valence-electron chi connectivity index (χ2n) is 4.49. The van der Waals surface area contributed by atoms with E-state index in [9.17, 15) is 0 Å². The van der Waals surface area contributed by atoms with Gasteiger partial charge in [-0.15, -0.1) is 5.10 Å². The summed E-state index contributed by atoms with van der Waals surface area (Å²) in [7, 11) is 0. The van der Waals surface area contributed by atoms with Crippen molar-refractivity contribution >= 4 is 5.82 Å². The topological polar surface area (TPSA) is 52.8 Å². The molecule has 1 saturated heterocycles. The van der Waals surface area contributed by atoms with Gasteiger partial charge in [-0.3, -0.25) is 0 Å². The van der Waals surface area contributed by atoms with Gasteiger partial charge in [0.15, 0.2) is 5.82 Å². The second-order valence-corrected chi connectivity index (χ2v) is 4.49. The van der Waals surface area contributed by atoms with Gasteiger partial charge in [0.2, 0.25) is 0 Å². The molecular formula is C13H18N4. The van der Waals surface area contributed by atoms with Crippen molar-refractivity contribution < 1.29 is 0 Å². The molecule has 1 aliphatic heterocycles. The molecule has 4 nitrogen and oxygen atoms in total. The van der Waals surface area contributed by atoms with Crippen LogP contribution in [0.1, 0.15) is 44.6 Å². The third kappa shape index (κ3) is 2.55. The standard InChI is InChI=1S/C13H18N4/c1-2-12-6-4-3-5-9-17(12)13-11(10-14)7-8-15-16-13/h7-8,12H,2-6,9H2,1H3. The fourth-order valence-electron chi connectivity index (χ4n) is 2.50. The molecule has 0 saturated carbocycles. The summed E-state index contributed by atoms with van der Waals surface area (Å²) >= 11 is 0. The van der Waals surface area contributed by atoms with Crippen LogP contribution in [0.5, 0.6) is 0 Å².